The molecule has 2 aromatic rings. The van der Waals surface area contributed by atoms with Crippen molar-refractivity contribution in [3.63, 3.8) is 0 Å². The number of nitrogens with zero attached hydrogens (tertiary/aromatic N) is 4. The first-order valence-electron chi connectivity index (χ1n) is 6.12. The van der Waals surface area contributed by atoms with Crippen molar-refractivity contribution in [2.75, 3.05) is 6.61 Å². The van der Waals surface area contributed by atoms with Crippen molar-refractivity contribution in [1.29, 1.82) is 0 Å². The molecule has 0 aliphatic heterocycles. The van der Waals surface area contributed by atoms with E-state index in [0.717, 1.165) is 5.69 Å². The van der Waals surface area contributed by atoms with Crippen molar-refractivity contribution in [2.45, 2.75) is 13.8 Å². The summed E-state index contributed by atoms with van der Waals surface area (Å²) in [6.07, 6.45) is 0. The lowest BCUT2D eigenvalue weighted by Gasteiger charge is -2.05. The van der Waals surface area contributed by atoms with Crippen LogP contribution in [0.4, 0.5) is 11.4 Å². The second-order valence-electron chi connectivity index (χ2n) is 3.96. The second-order valence-corrected chi connectivity index (χ2v) is 4.38. The summed E-state index contributed by atoms with van der Waals surface area (Å²) in [7, 11) is 0. The molecule has 1 heterocycles. The van der Waals surface area contributed by atoms with Gasteiger partial charge < -0.3 is 10.5 Å². The highest BCUT2D eigenvalue weighted by Gasteiger charge is 2.18. The van der Waals surface area contributed by atoms with Crippen LogP contribution in [0.5, 0.6) is 5.88 Å². The number of nitrogens with two attached hydrogens (primary N) is 1. The van der Waals surface area contributed by atoms with Gasteiger partial charge in [0.15, 0.2) is 10.8 Å². The van der Waals surface area contributed by atoms with E-state index in [1.807, 2.05) is 37.3 Å². The minimum absolute atomic E-state index is 0.109. The van der Waals surface area contributed by atoms with Gasteiger partial charge in [0.1, 0.15) is 0 Å². The van der Waals surface area contributed by atoms with Crippen LogP contribution in [-0.2, 0) is 0 Å². The van der Waals surface area contributed by atoms with Gasteiger partial charge in [0, 0.05) is 0 Å². The van der Waals surface area contributed by atoms with Gasteiger partial charge >= 0.3 is 0 Å². The first-order chi connectivity index (χ1) is 9.63. The molecule has 1 aromatic heterocycles. The molecule has 0 saturated carbocycles. The Balaban J connectivity index is 2.40. The van der Waals surface area contributed by atoms with Crippen LogP contribution in [0.15, 0.2) is 40.6 Å². The molecular formula is C13H15N5OS. The van der Waals surface area contributed by atoms with E-state index in [1.54, 1.807) is 6.92 Å². The monoisotopic (exact) mass is 289 g/mol. The molecule has 6 nitrogen and oxygen atoms in total. The highest BCUT2D eigenvalue weighted by atomic mass is 32.1. The lowest BCUT2D eigenvalue weighted by molar-refractivity contribution is 0.320. The van der Waals surface area contributed by atoms with Gasteiger partial charge in [0.2, 0.25) is 5.88 Å². The predicted octanol–water partition coefficient (Wildman–Crippen LogP) is 3.10. The first-order valence-corrected chi connectivity index (χ1v) is 6.53. The number of benzene rings is 1. The van der Waals surface area contributed by atoms with E-state index in [4.69, 9.17) is 22.7 Å². The van der Waals surface area contributed by atoms with Crippen LogP contribution in [0.2, 0.25) is 0 Å². The summed E-state index contributed by atoms with van der Waals surface area (Å²) in [6.45, 7) is 4.13. The van der Waals surface area contributed by atoms with Crippen LogP contribution >= 0.6 is 12.2 Å². The molecule has 1 aromatic carbocycles. The van der Waals surface area contributed by atoms with E-state index in [2.05, 4.69) is 15.3 Å². The Morgan fingerprint density at radius 1 is 1.35 bits per heavy atom. The Labute approximate surface area is 122 Å². The fourth-order valence-corrected chi connectivity index (χ4v) is 1.75. The average molecular weight is 289 g/mol. The Hall–Kier alpha value is -2.28. The first kappa shape index (κ1) is 14.1. The van der Waals surface area contributed by atoms with E-state index < -0.39 is 0 Å². The molecule has 0 spiro atoms. The average Bonchev–Trinajstić information content (AvgIpc) is 2.75. The van der Waals surface area contributed by atoms with Crippen LogP contribution < -0.4 is 10.5 Å². The number of hydrogen-bond acceptors (Lipinski definition) is 5. The minimum Gasteiger partial charge on any atom is -0.476 e. The third-order valence-corrected chi connectivity index (χ3v) is 2.67. The molecule has 2 N–H and O–H groups in total. The second kappa shape index (κ2) is 6.25. The van der Waals surface area contributed by atoms with Gasteiger partial charge in [-0.3, -0.25) is 0 Å². The van der Waals surface area contributed by atoms with Gasteiger partial charge in [-0.2, -0.15) is 14.9 Å². The number of rotatable bonds is 4. The number of hydrogen-bond donors (Lipinski definition) is 1. The maximum absolute atomic E-state index is 5.61. The zero-order chi connectivity index (χ0) is 14.5. The molecule has 104 valence electrons. The van der Waals surface area contributed by atoms with Gasteiger partial charge in [-0.15, -0.1) is 5.11 Å². The number of thiocarbonyl (C=S) groups is 1. The molecule has 0 aliphatic carbocycles. The predicted molar refractivity (Wildman–Crippen MR) is 80.9 cm³/mol. The van der Waals surface area contributed by atoms with E-state index in [-0.39, 0.29) is 5.11 Å². The molecule has 2 rings (SSSR count). The summed E-state index contributed by atoms with van der Waals surface area (Å²) in [4.78, 5) is 0. The molecule has 0 amide bonds. The van der Waals surface area contributed by atoms with Crippen LogP contribution in [-0.4, -0.2) is 21.5 Å². The van der Waals surface area contributed by atoms with Gasteiger partial charge in [-0.25, -0.2) is 0 Å². The maximum atomic E-state index is 5.61. The fraction of sp³-hybridized carbons (Fsp3) is 0.231. The van der Waals surface area contributed by atoms with Crippen LogP contribution in [0.3, 0.4) is 0 Å². The third kappa shape index (κ3) is 3.00. The van der Waals surface area contributed by atoms with Gasteiger partial charge in [-0.05, 0) is 38.2 Å². The fourth-order valence-electron chi connectivity index (χ4n) is 1.63. The largest absolute Gasteiger partial charge is 0.476 e. The quantitative estimate of drug-likeness (QED) is 0.693. The van der Waals surface area contributed by atoms with E-state index in [1.165, 1.54) is 4.68 Å². The summed E-state index contributed by atoms with van der Waals surface area (Å²) in [5.74, 6) is 0.414. The van der Waals surface area contributed by atoms with Gasteiger partial charge in [0.25, 0.3) is 0 Å². The number of aromatic nitrogens is 2. The van der Waals surface area contributed by atoms with Crippen molar-refractivity contribution in [2.24, 2.45) is 16.0 Å². The summed E-state index contributed by atoms with van der Waals surface area (Å²) in [6, 6.07) is 9.42. The molecule has 0 unspecified atom stereocenters. The Morgan fingerprint density at radius 2 is 2.05 bits per heavy atom. The lowest BCUT2D eigenvalue weighted by Crippen LogP contribution is -2.21. The SMILES string of the molecule is CCOc1c(N=Nc2ccccc2)c(C)nn1C(N)=S. The number of ether oxygens (including phenoxy) is 1. The Kier molecular flexibility index (Phi) is 4.41. The Bertz CT molecular complexity index is 636. The summed E-state index contributed by atoms with van der Waals surface area (Å²) >= 11 is 4.94. The van der Waals surface area contributed by atoms with Crippen molar-refractivity contribution in [3.8, 4) is 5.88 Å². The highest BCUT2D eigenvalue weighted by molar-refractivity contribution is 7.80. The summed E-state index contributed by atoms with van der Waals surface area (Å²) in [5.41, 5.74) is 7.55. The van der Waals surface area contributed by atoms with Crippen LogP contribution in [0.25, 0.3) is 0 Å². The van der Waals surface area contributed by atoms with Gasteiger partial charge in [-0.1, -0.05) is 18.2 Å². The Morgan fingerprint density at radius 3 is 2.65 bits per heavy atom. The lowest BCUT2D eigenvalue weighted by atomic mass is 10.3. The summed E-state index contributed by atoms with van der Waals surface area (Å²) < 4.78 is 6.87. The standard InChI is InChI=1S/C13H15N5OS/c1-3-19-12-11(9(2)17-18(12)13(14)20)16-15-10-7-5-4-6-8-10/h4-8H,3H2,1-2H3,(H2,14,20). The van der Waals surface area contributed by atoms with Gasteiger partial charge in [0.05, 0.1) is 18.0 Å². The molecule has 20 heavy (non-hydrogen) atoms. The van der Waals surface area contributed by atoms with Crippen molar-refractivity contribution >= 4 is 28.7 Å². The van der Waals surface area contributed by atoms with Crippen LogP contribution in [0, 0.1) is 6.92 Å². The summed E-state index contributed by atoms with van der Waals surface area (Å²) in [5, 5.41) is 12.7. The van der Waals surface area contributed by atoms with Crippen molar-refractivity contribution in [3.05, 3.63) is 36.0 Å². The van der Waals surface area contributed by atoms with E-state index in [9.17, 15) is 0 Å². The molecule has 7 heteroatoms. The molecular weight excluding hydrogens is 274 g/mol. The van der Waals surface area contributed by atoms with Crippen molar-refractivity contribution in [1.82, 2.24) is 9.78 Å². The zero-order valence-electron chi connectivity index (χ0n) is 11.3. The minimum atomic E-state index is 0.109. The molecule has 0 saturated heterocycles. The van der Waals surface area contributed by atoms with E-state index >= 15 is 0 Å². The smallest absolute Gasteiger partial charge is 0.247 e. The molecule has 0 atom stereocenters. The normalized spacial score (nSPS) is 10.9. The van der Waals surface area contributed by atoms with E-state index in [0.29, 0.717) is 23.9 Å². The molecule has 0 aliphatic rings. The van der Waals surface area contributed by atoms with Crippen LogP contribution in [0.1, 0.15) is 12.6 Å². The zero-order valence-corrected chi connectivity index (χ0v) is 12.1. The molecule has 0 radical (unpaired) electrons. The third-order valence-electron chi connectivity index (χ3n) is 2.50. The molecule has 0 fully saturated rings. The number of aryl methyl sites for hydroxylation is 1. The van der Waals surface area contributed by atoms with Crippen molar-refractivity contribution < 1.29 is 4.74 Å². The number of azo groups is 1. The maximum Gasteiger partial charge on any atom is 0.247 e. The topological polar surface area (TPSA) is 77.8 Å². The molecule has 0 bridgehead atoms. The highest BCUT2D eigenvalue weighted by Crippen LogP contribution is 2.32.